The molecule has 1 unspecified atom stereocenters. The molecule has 1 aliphatic rings. The third kappa shape index (κ3) is 1.40. The van der Waals surface area contributed by atoms with Gasteiger partial charge in [-0.15, -0.1) is 0 Å². The van der Waals surface area contributed by atoms with Gasteiger partial charge in [0.15, 0.2) is 0 Å². The molecule has 0 radical (unpaired) electrons. The summed E-state index contributed by atoms with van der Waals surface area (Å²) in [5, 5.41) is 4.45. The lowest BCUT2D eigenvalue weighted by Gasteiger charge is -2.24. The van der Waals surface area contributed by atoms with E-state index in [9.17, 15) is 4.39 Å². The molecule has 1 aliphatic heterocycles. The minimum absolute atomic E-state index is 0.195. The van der Waals surface area contributed by atoms with Crippen LogP contribution in [0.2, 0.25) is 0 Å². The Kier molecular flexibility index (Phi) is 2.30. The van der Waals surface area contributed by atoms with Crippen LogP contribution in [0.1, 0.15) is 18.7 Å². The average molecular weight is 283 g/mol. The summed E-state index contributed by atoms with van der Waals surface area (Å²) in [6, 6.07) is 5.97. The molecule has 1 N–H and O–H groups in total. The second-order valence-corrected chi connectivity index (χ2v) is 5.17. The maximum absolute atomic E-state index is 13.5. The van der Waals surface area contributed by atoms with Crippen molar-refractivity contribution in [2.45, 2.75) is 19.5 Å². The highest BCUT2D eigenvalue weighted by Crippen LogP contribution is 2.30. The molecule has 2 aromatic rings. The Morgan fingerprint density at radius 2 is 2.25 bits per heavy atom. The number of nitrogens with one attached hydrogen (secondary N) is 1. The first-order chi connectivity index (χ1) is 7.66. The summed E-state index contributed by atoms with van der Waals surface area (Å²) in [5.41, 5.74) is 2.22. The van der Waals surface area contributed by atoms with Crippen LogP contribution in [0.4, 0.5) is 4.39 Å². The Balaban J connectivity index is 2.34. The fourth-order valence-corrected chi connectivity index (χ4v) is 2.80. The summed E-state index contributed by atoms with van der Waals surface area (Å²) in [5.74, 6) is -0.195. The van der Waals surface area contributed by atoms with Crippen molar-refractivity contribution >= 4 is 26.8 Å². The first-order valence-electron chi connectivity index (χ1n) is 5.36. The van der Waals surface area contributed by atoms with Gasteiger partial charge >= 0.3 is 0 Å². The summed E-state index contributed by atoms with van der Waals surface area (Å²) in [6.45, 7) is 3.95. The lowest BCUT2D eigenvalue weighted by molar-refractivity contribution is 0.439. The number of rotatable bonds is 0. The molecule has 4 heteroatoms. The van der Waals surface area contributed by atoms with E-state index in [1.165, 1.54) is 5.69 Å². The zero-order valence-electron chi connectivity index (χ0n) is 8.93. The molecule has 0 saturated heterocycles. The second kappa shape index (κ2) is 3.57. The van der Waals surface area contributed by atoms with Gasteiger partial charge in [0, 0.05) is 30.2 Å². The second-order valence-electron chi connectivity index (χ2n) is 4.31. The third-order valence-electron chi connectivity index (χ3n) is 3.15. The monoisotopic (exact) mass is 282 g/mol. The van der Waals surface area contributed by atoms with Gasteiger partial charge in [-0.3, -0.25) is 0 Å². The summed E-state index contributed by atoms with van der Waals surface area (Å²) < 4.78 is 16.3. The quantitative estimate of drug-likeness (QED) is 0.785. The first-order valence-corrected chi connectivity index (χ1v) is 6.15. The van der Waals surface area contributed by atoms with Crippen molar-refractivity contribution in [3.63, 3.8) is 0 Å². The van der Waals surface area contributed by atoms with Crippen LogP contribution in [0.25, 0.3) is 10.9 Å². The van der Waals surface area contributed by atoms with E-state index in [1.54, 1.807) is 6.07 Å². The zero-order valence-corrected chi connectivity index (χ0v) is 10.5. The number of hydrogen-bond donors (Lipinski definition) is 1. The van der Waals surface area contributed by atoms with Gasteiger partial charge in [-0.1, -0.05) is 0 Å². The van der Waals surface area contributed by atoms with Crippen LogP contribution in [0.3, 0.4) is 0 Å². The van der Waals surface area contributed by atoms with Crippen molar-refractivity contribution in [3.05, 3.63) is 34.2 Å². The molecule has 1 aromatic carbocycles. The van der Waals surface area contributed by atoms with Crippen LogP contribution in [-0.2, 0) is 6.54 Å². The maximum atomic E-state index is 13.5. The molecule has 0 fully saturated rings. The van der Waals surface area contributed by atoms with Crippen LogP contribution >= 0.6 is 15.9 Å². The fourth-order valence-electron chi connectivity index (χ4n) is 2.44. The Hall–Kier alpha value is -0.870. The van der Waals surface area contributed by atoms with E-state index in [0.29, 0.717) is 10.5 Å². The standard InChI is InChI=1S/C12H12BrFN2/c1-7-5-15-6-9-2-8-3-10(13)11(14)4-12(8)16(7)9/h2-4,7,15H,5-6H2,1H3. The number of hydrogen-bond acceptors (Lipinski definition) is 1. The molecular formula is C12H12BrFN2. The van der Waals surface area contributed by atoms with E-state index >= 15 is 0 Å². The molecule has 3 rings (SSSR count). The molecule has 16 heavy (non-hydrogen) atoms. The zero-order chi connectivity index (χ0) is 11.3. The van der Waals surface area contributed by atoms with E-state index in [2.05, 4.69) is 38.8 Å². The van der Waals surface area contributed by atoms with Crippen molar-refractivity contribution in [3.8, 4) is 0 Å². The minimum Gasteiger partial charge on any atom is -0.339 e. The van der Waals surface area contributed by atoms with Gasteiger partial charge in [0.1, 0.15) is 5.82 Å². The third-order valence-corrected chi connectivity index (χ3v) is 3.76. The van der Waals surface area contributed by atoms with Gasteiger partial charge in [0.2, 0.25) is 0 Å². The number of halogens is 2. The Morgan fingerprint density at radius 1 is 1.44 bits per heavy atom. The molecule has 2 heterocycles. The molecule has 1 aromatic heterocycles. The van der Waals surface area contributed by atoms with Crippen molar-refractivity contribution in [2.75, 3.05) is 6.54 Å². The van der Waals surface area contributed by atoms with E-state index in [1.807, 2.05) is 6.07 Å². The van der Waals surface area contributed by atoms with E-state index in [0.717, 1.165) is 24.0 Å². The highest BCUT2D eigenvalue weighted by molar-refractivity contribution is 9.10. The van der Waals surface area contributed by atoms with Gasteiger partial charge in [-0.2, -0.15) is 0 Å². The van der Waals surface area contributed by atoms with Crippen LogP contribution in [-0.4, -0.2) is 11.1 Å². The first kappa shape index (κ1) is 10.3. The van der Waals surface area contributed by atoms with Crippen molar-refractivity contribution in [1.82, 2.24) is 9.88 Å². The molecule has 2 nitrogen and oxygen atoms in total. The number of benzene rings is 1. The smallest absolute Gasteiger partial charge is 0.139 e. The van der Waals surface area contributed by atoms with Crippen molar-refractivity contribution in [1.29, 1.82) is 0 Å². The fraction of sp³-hybridized carbons (Fsp3) is 0.333. The Bertz CT molecular complexity index is 562. The number of aromatic nitrogens is 1. The lowest BCUT2D eigenvalue weighted by atomic mass is 10.2. The topological polar surface area (TPSA) is 17.0 Å². The highest BCUT2D eigenvalue weighted by atomic mass is 79.9. The summed E-state index contributed by atoms with van der Waals surface area (Å²) in [6.07, 6.45) is 0. The molecule has 0 amide bonds. The van der Waals surface area contributed by atoms with E-state index in [4.69, 9.17) is 0 Å². The molecule has 0 aliphatic carbocycles. The summed E-state index contributed by atoms with van der Waals surface area (Å²) >= 11 is 3.22. The van der Waals surface area contributed by atoms with Crippen molar-refractivity contribution < 1.29 is 4.39 Å². The van der Waals surface area contributed by atoms with Gasteiger partial charge in [-0.25, -0.2) is 4.39 Å². The van der Waals surface area contributed by atoms with Gasteiger partial charge in [-0.05, 0) is 41.1 Å². The molecular weight excluding hydrogens is 271 g/mol. The minimum atomic E-state index is -0.195. The molecule has 0 spiro atoms. The van der Waals surface area contributed by atoms with E-state index < -0.39 is 0 Å². The van der Waals surface area contributed by atoms with Crippen LogP contribution in [0.15, 0.2) is 22.7 Å². The summed E-state index contributed by atoms with van der Waals surface area (Å²) in [7, 11) is 0. The average Bonchev–Trinajstić information content (AvgIpc) is 2.58. The SMILES string of the molecule is CC1CNCc2cc3cc(Br)c(F)cc3n21. The van der Waals surface area contributed by atoms with Crippen molar-refractivity contribution in [2.24, 2.45) is 0 Å². The van der Waals surface area contributed by atoms with Gasteiger partial charge in [0.25, 0.3) is 0 Å². The summed E-state index contributed by atoms with van der Waals surface area (Å²) in [4.78, 5) is 0. The van der Waals surface area contributed by atoms with Crippen LogP contribution in [0, 0.1) is 5.82 Å². The predicted molar refractivity (Wildman–Crippen MR) is 66.0 cm³/mol. The molecule has 84 valence electrons. The van der Waals surface area contributed by atoms with E-state index in [-0.39, 0.29) is 5.82 Å². The van der Waals surface area contributed by atoms with Crippen LogP contribution in [0.5, 0.6) is 0 Å². The maximum Gasteiger partial charge on any atom is 0.139 e. The lowest BCUT2D eigenvalue weighted by Crippen LogP contribution is -2.30. The predicted octanol–water partition coefficient (Wildman–Crippen LogP) is 3.21. The van der Waals surface area contributed by atoms with Crippen LogP contribution < -0.4 is 5.32 Å². The molecule has 0 bridgehead atoms. The molecule has 0 saturated carbocycles. The normalized spacial score (nSPS) is 20.1. The molecule has 1 atom stereocenters. The van der Waals surface area contributed by atoms with Gasteiger partial charge in [0.05, 0.1) is 9.99 Å². The van der Waals surface area contributed by atoms with Gasteiger partial charge < -0.3 is 9.88 Å². The number of fused-ring (bicyclic) bond motifs is 3. The number of nitrogens with zero attached hydrogens (tertiary/aromatic N) is 1. The highest BCUT2D eigenvalue weighted by Gasteiger charge is 2.19. The Labute approximate surface area is 102 Å². The largest absolute Gasteiger partial charge is 0.339 e. The Morgan fingerprint density at radius 3 is 3.06 bits per heavy atom.